The highest BCUT2D eigenvalue weighted by atomic mass is 127. The summed E-state index contributed by atoms with van der Waals surface area (Å²) in [6.45, 7) is 7.88. The Bertz CT molecular complexity index is 430. The molecule has 1 N–H and O–H groups in total. The first-order chi connectivity index (χ1) is 8.57. The Morgan fingerprint density at radius 2 is 2.17 bits per heavy atom. The Hall–Kier alpha value is -0.430. The fraction of sp³-hybridized carbons (Fsp3) is 0.692. The molecule has 1 fully saturated rings. The number of anilines is 1. The molecule has 1 unspecified atom stereocenters. The number of ether oxygens (including phenoxy) is 1. The van der Waals surface area contributed by atoms with E-state index in [0.717, 1.165) is 46.9 Å². The van der Waals surface area contributed by atoms with Gasteiger partial charge in [0.2, 0.25) is 0 Å². The summed E-state index contributed by atoms with van der Waals surface area (Å²) in [5.41, 5.74) is 0.698. The van der Waals surface area contributed by atoms with Crippen molar-refractivity contribution in [2.24, 2.45) is 0 Å². The summed E-state index contributed by atoms with van der Waals surface area (Å²) in [5, 5.41) is 3.30. The maximum absolute atomic E-state index is 5.92. The van der Waals surface area contributed by atoms with E-state index in [-0.39, 0.29) is 5.60 Å². The second kappa shape index (κ2) is 5.69. The molecule has 1 aliphatic rings. The van der Waals surface area contributed by atoms with Crippen LogP contribution in [0, 0.1) is 10.5 Å². The summed E-state index contributed by atoms with van der Waals surface area (Å²) in [4.78, 5) is 9.29. The lowest BCUT2D eigenvalue weighted by Gasteiger charge is -2.32. The minimum absolute atomic E-state index is 0.322. The molecule has 1 saturated heterocycles. The summed E-state index contributed by atoms with van der Waals surface area (Å²) < 4.78 is 7.02. The van der Waals surface area contributed by atoms with Crippen molar-refractivity contribution in [3.8, 4) is 0 Å². The van der Waals surface area contributed by atoms with E-state index in [1.807, 2.05) is 6.92 Å². The number of hydrogen-bond acceptors (Lipinski definition) is 4. The van der Waals surface area contributed by atoms with Gasteiger partial charge in [0.15, 0.2) is 5.82 Å². The van der Waals surface area contributed by atoms with Crippen LogP contribution in [0.4, 0.5) is 5.82 Å². The summed E-state index contributed by atoms with van der Waals surface area (Å²) in [6, 6.07) is 0. The van der Waals surface area contributed by atoms with Gasteiger partial charge in [0.05, 0.1) is 9.26 Å². The monoisotopic (exact) mass is 361 g/mol. The molecule has 5 heteroatoms. The van der Waals surface area contributed by atoms with Crippen molar-refractivity contribution in [2.45, 2.75) is 45.6 Å². The highest BCUT2D eigenvalue weighted by Gasteiger charge is 2.33. The topological polar surface area (TPSA) is 47.0 Å². The third kappa shape index (κ3) is 2.77. The third-order valence-electron chi connectivity index (χ3n) is 3.30. The molecule has 0 spiro atoms. The van der Waals surface area contributed by atoms with Gasteiger partial charge < -0.3 is 10.1 Å². The summed E-state index contributed by atoms with van der Waals surface area (Å²) in [6.07, 6.45) is 3.32. The van der Waals surface area contributed by atoms with Crippen LogP contribution in [0.1, 0.15) is 44.6 Å². The molecule has 2 heterocycles. The largest absolute Gasteiger partial charge is 0.369 e. The van der Waals surface area contributed by atoms with E-state index in [0.29, 0.717) is 0 Å². The molecule has 1 atom stereocenters. The van der Waals surface area contributed by atoms with Crippen LogP contribution in [0.15, 0.2) is 0 Å². The molecule has 0 bridgehead atoms. The molecule has 2 rings (SSSR count). The highest BCUT2D eigenvalue weighted by Crippen LogP contribution is 2.34. The van der Waals surface area contributed by atoms with Crippen LogP contribution in [0.25, 0.3) is 0 Å². The first kappa shape index (κ1) is 14.0. The van der Waals surface area contributed by atoms with Crippen LogP contribution in [0.5, 0.6) is 0 Å². The van der Waals surface area contributed by atoms with E-state index in [4.69, 9.17) is 4.74 Å². The van der Waals surface area contributed by atoms with E-state index in [2.05, 4.69) is 51.7 Å². The average Bonchev–Trinajstić information content (AvgIpc) is 2.36. The molecule has 100 valence electrons. The molecule has 1 aliphatic heterocycles. The fourth-order valence-electron chi connectivity index (χ4n) is 2.19. The summed E-state index contributed by atoms with van der Waals surface area (Å²) >= 11 is 2.29. The molecule has 4 nitrogen and oxygen atoms in total. The molecule has 0 saturated carbocycles. The minimum Gasteiger partial charge on any atom is -0.369 e. The van der Waals surface area contributed by atoms with Crippen LogP contribution in [-0.4, -0.2) is 23.1 Å². The number of halogens is 1. The van der Waals surface area contributed by atoms with Crippen molar-refractivity contribution in [1.82, 2.24) is 9.97 Å². The number of nitrogens with zero attached hydrogens (tertiary/aromatic N) is 2. The highest BCUT2D eigenvalue weighted by molar-refractivity contribution is 14.1. The third-order valence-corrected chi connectivity index (χ3v) is 4.59. The van der Waals surface area contributed by atoms with Gasteiger partial charge in [-0.1, -0.05) is 0 Å². The molecule has 18 heavy (non-hydrogen) atoms. The quantitative estimate of drug-likeness (QED) is 0.840. The molecular weight excluding hydrogens is 341 g/mol. The molecule has 0 aromatic carbocycles. The number of aromatic nitrogens is 2. The van der Waals surface area contributed by atoms with Gasteiger partial charge in [-0.3, -0.25) is 0 Å². The molecular formula is C13H20IN3O. The lowest BCUT2D eigenvalue weighted by molar-refractivity contribution is -0.0760. The Balaban J connectivity index is 2.38. The Morgan fingerprint density at radius 3 is 2.78 bits per heavy atom. The van der Waals surface area contributed by atoms with Crippen molar-refractivity contribution in [3.05, 3.63) is 15.1 Å². The van der Waals surface area contributed by atoms with E-state index in [1.54, 1.807) is 0 Å². The summed E-state index contributed by atoms with van der Waals surface area (Å²) in [7, 11) is 0. The van der Waals surface area contributed by atoms with Crippen molar-refractivity contribution >= 4 is 28.4 Å². The first-order valence-electron chi connectivity index (χ1n) is 6.49. The van der Waals surface area contributed by atoms with Gasteiger partial charge in [-0.2, -0.15) is 0 Å². The van der Waals surface area contributed by atoms with Crippen LogP contribution in [0.3, 0.4) is 0 Å². The fourth-order valence-corrected chi connectivity index (χ4v) is 2.62. The Kier molecular flexibility index (Phi) is 4.42. The van der Waals surface area contributed by atoms with Gasteiger partial charge in [0, 0.05) is 13.2 Å². The van der Waals surface area contributed by atoms with Crippen LogP contribution in [-0.2, 0) is 10.3 Å². The predicted molar refractivity (Wildman–Crippen MR) is 80.8 cm³/mol. The smallest absolute Gasteiger partial charge is 0.162 e. The van der Waals surface area contributed by atoms with Crippen molar-refractivity contribution in [1.29, 1.82) is 0 Å². The van der Waals surface area contributed by atoms with E-state index in [9.17, 15) is 0 Å². The summed E-state index contributed by atoms with van der Waals surface area (Å²) in [5.74, 6) is 1.74. The SMILES string of the molecule is CCNc1nc(C2(C)CCCCO2)nc(C)c1I. The number of nitrogens with one attached hydrogen (secondary N) is 1. The lowest BCUT2D eigenvalue weighted by Crippen LogP contribution is -2.33. The zero-order valence-corrected chi connectivity index (χ0v) is 13.4. The van der Waals surface area contributed by atoms with Gasteiger partial charge in [-0.25, -0.2) is 9.97 Å². The van der Waals surface area contributed by atoms with Crippen molar-refractivity contribution in [3.63, 3.8) is 0 Å². The van der Waals surface area contributed by atoms with Crippen LogP contribution < -0.4 is 5.32 Å². The average molecular weight is 361 g/mol. The van der Waals surface area contributed by atoms with E-state index < -0.39 is 0 Å². The Labute approximate surface area is 122 Å². The first-order valence-corrected chi connectivity index (χ1v) is 7.57. The second-order valence-electron chi connectivity index (χ2n) is 4.86. The normalized spacial score (nSPS) is 24.0. The van der Waals surface area contributed by atoms with Gasteiger partial charge in [-0.15, -0.1) is 0 Å². The Morgan fingerprint density at radius 1 is 1.39 bits per heavy atom. The van der Waals surface area contributed by atoms with Crippen molar-refractivity contribution in [2.75, 3.05) is 18.5 Å². The standard InChI is InChI=1S/C13H20IN3O/c1-4-15-11-10(14)9(2)16-12(17-11)13(3)7-5-6-8-18-13/h4-8H2,1-3H3,(H,15,16,17). The van der Waals surface area contributed by atoms with Crippen LogP contribution in [0.2, 0.25) is 0 Å². The van der Waals surface area contributed by atoms with Gasteiger partial charge in [0.25, 0.3) is 0 Å². The number of rotatable bonds is 3. The van der Waals surface area contributed by atoms with Crippen LogP contribution >= 0.6 is 22.6 Å². The van der Waals surface area contributed by atoms with E-state index in [1.165, 1.54) is 6.42 Å². The van der Waals surface area contributed by atoms with Crippen molar-refractivity contribution < 1.29 is 4.74 Å². The second-order valence-corrected chi connectivity index (χ2v) is 5.94. The minimum atomic E-state index is -0.322. The zero-order chi connectivity index (χ0) is 13.2. The molecule has 1 aromatic rings. The van der Waals surface area contributed by atoms with Gasteiger partial charge in [-0.05, 0) is 62.6 Å². The molecule has 0 aliphatic carbocycles. The van der Waals surface area contributed by atoms with Gasteiger partial charge in [0.1, 0.15) is 11.4 Å². The zero-order valence-electron chi connectivity index (χ0n) is 11.2. The van der Waals surface area contributed by atoms with E-state index >= 15 is 0 Å². The molecule has 0 amide bonds. The number of hydrogen-bond donors (Lipinski definition) is 1. The van der Waals surface area contributed by atoms with Gasteiger partial charge >= 0.3 is 0 Å². The number of aryl methyl sites for hydroxylation is 1. The lowest BCUT2D eigenvalue weighted by atomic mass is 9.95. The predicted octanol–water partition coefficient (Wildman–Crippen LogP) is 3.24. The molecule has 1 aromatic heterocycles. The maximum atomic E-state index is 5.92. The maximum Gasteiger partial charge on any atom is 0.162 e. The molecule has 0 radical (unpaired) electrons.